The van der Waals surface area contributed by atoms with E-state index in [4.69, 9.17) is 19.3 Å². The highest BCUT2D eigenvalue weighted by Gasteiger charge is 2.36. The van der Waals surface area contributed by atoms with Crippen LogP contribution in [0.1, 0.15) is 19.4 Å². The van der Waals surface area contributed by atoms with Crippen LogP contribution in [0, 0.1) is 0 Å². The monoisotopic (exact) mass is 443 g/mol. The summed E-state index contributed by atoms with van der Waals surface area (Å²) in [5, 5.41) is 8.61. The first-order chi connectivity index (χ1) is 14.8. The molecule has 2 aromatic carbocycles. The quantitative estimate of drug-likeness (QED) is 0.606. The smallest absolute Gasteiger partial charge is 0.344 e. The molecule has 0 spiro atoms. The average molecular weight is 443 g/mol. The second-order valence-corrected chi connectivity index (χ2v) is 7.45. The molecule has 162 valence electrons. The Balaban J connectivity index is 1.83. The van der Waals surface area contributed by atoms with Crippen molar-refractivity contribution < 1.29 is 33.7 Å². The number of carboxylic acids is 1. The molecule has 9 heteroatoms. The van der Waals surface area contributed by atoms with Gasteiger partial charge in [-0.2, -0.15) is 0 Å². The van der Waals surface area contributed by atoms with Gasteiger partial charge in [0.15, 0.2) is 17.6 Å². The highest BCUT2D eigenvalue weighted by molar-refractivity contribution is 8.19. The van der Waals surface area contributed by atoms with Gasteiger partial charge in [-0.3, -0.25) is 9.59 Å². The summed E-state index contributed by atoms with van der Waals surface area (Å²) in [7, 11) is 1.43. The first kappa shape index (κ1) is 22.2. The van der Waals surface area contributed by atoms with Crippen molar-refractivity contribution in [1.29, 1.82) is 0 Å². The third-order valence-corrected chi connectivity index (χ3v) is 5.21. The minimum Gasteiger partial charge on any atom is -0.494 e. The highest BCUT2D eigenvalue weighted by Crippen LogP contribution is 2.37. The largest absolute Gasteiger partial charge is 0.494 e. The number of ether oxygens (including phenoxy) is 3. The number of hydrogen-bond donors (Lipinski definition) is 1. The molecule has 2 amide bonds. The standard InChI is InChI=1S/C22H21NO7S/c1-4-29-16-8-6-15(7-9-16)23-20(24)19(31-22(23)27)12-14-5-10-17(18(11-14)28-3)30-13(2)21(25)26/h5-13H,4H2,1-3H3,(H,25,26)/b19-12+. The van der Waals surface area contributed by atoms with Crippen molar-refractivity contribution in [3.63, 3.8) is 0 Å². The van der Waals surface area contributed by atoms with Crippen molar-refractivity contribution in [1.82, 2.24) is 0 Å². The minimum absolute atomic E-state index is 0.258. The van der Waals surface area contributed by atoms with Gasteiger partial charge in [0.2, 0.25) is 0 Å². The Morgan fingerprint density at radius 1 is 1.16 bits per heavy atom. The first-order valence-electron chi connectivity index (χ1n) is 9.42. The van der Waals surface area contributed by atoms with E-state index in [2.05, 4.69) is 0 Å². The molecule has 1 N–H and O–H groups in total. The van der Waals surface area contributed by atoms with Crippen LogP contribution >= 0.6 is 11.8 Å². The van der Waals surface area contributed by atoms with Gasteiger partial charge in [0, 0.05) is 0 Å². The van der Waals surface area contributed by atoms with Crippen LogP contribution in [-0.4, -0.2) is 42.0 Å². The second-order valence-electron chi connectivity index (χ2n) is 6.45. The van der Waals surface area contributed by atoms with E-state index in [9.17, 15) is 14.4 Å². The summed E-state index contributed by atoms with van der Waals surface area (Å²) in [6.45, 7) is 3.80. The van der Waals surface area contributed by atoms with Crippen LogP contribution in [0.15, 0.2) is 47.4 Å². The number of methoxy groups -OCH3 is 1. The molecule has 2 aromatic rings. The van der Waals surface area contributed by atoms with Crippen molar-refractivity contribution in [2.75, 3.05) is 18.6 Å². The molecule has 8 nitrogen and oxygen atoms in total. The van der Waals surface area contributed by atoms with Crippen LogP contribution in [0.4, 0.5) is 10.5 Å². The Morgan fingerprint density at radius 2 is 1.87 bits per heavy atom. The van der Waals surface area contributed by atoms with E-state index >= 15 is 0 Å². The van der Waals surface area contributed by atoms with Crippen LogP contribution in [0.5, 0.6) is 17.2 Å². The fourth-order valence-electron chi connectivity index (χ4n) is 2.81. The Labute approximate surface area is 183 Å². The lowest BCUT2D eigenvalue weighted by Gasteiger charge is -2.14. The number of carbonyl (C=O) groups excluding carboxylic acids is 2. The molecule has 0 saturated carbocycles. The predicted octanol–water partition coefficient (Wildman–Crippen LogP) is 4.19. The van der Waals surface area contributed by atoms with Gasteiger partial charge in [-0.25, -0.2) is 9.69 Å². The fourth-order valence-corrected chi connectivity index (χ4v) is 3.65. The third kappa shape index (κ3) is 5.00. The van der Waals surface area contributed by atoms with Crippen molar-refractivity contribution in [2.24, 2.45) is 0 Å². The molecule has 1 unspecified atom stereocenters. The van der Waals surface area contributed by atoms with Gasteiger partial charge < -0.3 is 19.3 Å². The number of benzene rings is 2. The zero-order chi connectivity index (χ0) is 22.5. The van der Waals surface area contributed by atoms with Crippen LogP contribution in [0.25, 0.3) is 6.08 Å². The number of hydrogen-bond acceptors (Lipinski definition) is 7. The summed E-state index contributed by atoms with van der Waals surface area (Å²) in [5.74, 6) is -0.308. The Morgan fingerprint density at radius 3 is 2.48 bits per heavy atom. The summed E-state index contributed by atoms with van der Waals surface area (Å²) in [6.07, 6.45) is 0.525. The molecule has 1 saturated heterocycles. The van der Waals surface area contributed by atoms with Gasteiger partial charge in [-0.15, -0.1) is 0 Å². The van der Waals surface area contributed by atoms with E-state index in [0.29, 0.717) is 29.4 Å². The fraction of sp³-hybridized carbons (Fsp3) is 0.227. The molecule has 0 bridgehead atoms. The number of imide groups is 1. The Kier molecular flexibility index (Phi) is 6.86. The van der Waals surface area contributed by atoms with Crippen LogP contribution in [0.2, 0.25) is 0 Å². The van der Waals surface area contributed by atoms with Crippen LogP contribution in [-0.2, 0) is 9.59 Å². The molecule has 0 aliphatic carbocycles. The van der Waals surface area contributed by atoms with Crippen molar-refractivity contribution in [3.05, 3.63) is 52.9 Å². The summed E-state index contributed by atoms with van der Waals surface area (Å²) in [4.78, 5) is 37.7. The molecule has 3 rings (SSSR count). The van der Waals surface area contributed by atoms with Gasteiger partial charge in [0.25, 0.3) is 11.1 Å². The number of thioether (sulfide) groups is 1. The lowest BCUT2D eigenvalue weighted by atomic mass is 10.1. The van der Waals surface area contributed by atoms with E-state index in [-0.39, 0.29) is 10.7 Å². The maximum absolute atomic E-state index is 12.8. The maximum Gasteiger partial charge on any atom is 0.344 e. The molecule has 1 aliphatic rings. The number of rotatable bonds is 8. The predicted molar refractivity (Wildman–Crippen MR) is 117 cm³/mol. The van der Waals surface area contributed by atoms with Gasteiger partial charge in [0.1, 0.15) is 5.75 Å². The molecule has 0 radical (unpaired) electrons. The molecule has 0 aromatic heterocycles. The van der Waals surface area contributed by atoms with Crippen molar-refractivity contribution in [2.45, 2.75) is 20.0 Å². The molecule has 1 atom stereocenters. The lowest BCUT2D eigenvalue weighted by molar-refractivity contribution is -0.144. The summed E-state index contributed by atoms with van der Waals surface area (Å²) in [5.41, 5.74) is 1.06. The Hall–Kier alpha value is -3.46. The zero-order valence-electron chi connectivity index (χ0n) is 17.2. The highest BCUT2D eigenvalue weighted by atomic mass is 32.2. The average Bonchev–Trinajstić information content (AvgIpc) is 3.02. The van der Waals surface area contributed by atoms with E-state index in [0.717, 1.165) is 16.7 Å². The molecular weight excluding hydrogens is 422 g/mol. The van der Waals surface area contributed by atoms with E-state index in [1.54, 1.807) is 48.5 Å². The number of carboxylic acid groups (broad SMARTS) is 1. The summed E-state index contributed by atoms with van der Waals surface area (Å²) < 4.78 is 16.0. The molecule has 1 heterocycles. The van der Waals surface area contributed by atoms with Gasteiger partial charge in [-0.05, 0) is 73.6 Å². The third-order valence-electron chi connectivity index (χ3n) is 4.34. The van der Waals surface area contributed by atoms with Gasteiger partial charge in [0.05, 0.1) is 24.3 Å². The number of aliphatic carboxylic acids is 1. The summed E-state index contributed by atoms with van der Waals surface area (Å²) >= 11 is 0.836. The minimum atomic E-state index is -1.10. The zero-order valence-corrected chi connectivity index (χ0v) is 18.0. The number of amides is 2. The van der Waals surface area contributed by atoms with Crippen LogP contribution in [0.3, 0.4) is 0 Å². The Bertz CT molecular complexity index is 1030. The van der Waals surface area contributed by atoms with E-state index in [1.165, 1.54) is 14.0 Å². The number of carbonyl (C=O) groups is 3. The normalized spacial score (nSPS) is 15.8. The number of nitrogens with zero attached hydrogens (tertiary/aromatic N) is 1. The first-order valence-corrected chi connectivity index (χ1v) is 10.2. The van der Waals surface area contributed by atoms with Crippen molar-refractivity contribution >= 4 is 40.6 Å². The molecular formula is C22H21NO7S. The van der Waals surface area contributed by atoms with E-state index < -0.39 is 23.2 Å². The lowest BCUT2D eigenvalue weighted by Crippen LogP contribution is -2.27. The molecule has 1 fully saturated rings. The molecule has 31 heavy (non-hydrogen) atoms. The summed E-state index contributed by atoms with van der Waals surface area (Å²) in [6, 6.07) is 11.5. The number of anilines is 1. The van der Waals surface area contributed by atoms with Gasteiger partial charge >= 0.3 is 5.97 Å². The van der Waals surface area contributed by atoms with E-state index in [1.807, 2.05) is 6.92 Å². The molecule has 1 aliphatic heterocycles. The SMILES string of the molecule is CCOc1ccc(N2C(=O)S/C(=C/c3ccc(OC(C)C(=O)O)c(OC)c3)C2=O)cc1. The maximum atomic E-state index is 12.8. The second kappa shape index (κ2) is 9.57. The van der Waals surface area contributed by atoms with Crippen molar-refractivity contribution in [3.8, 4) is 17.2 Å². The van der Waals surface area contributed by atoms with Crippen LogP contribution < -0.4 is 19.1 Å². The van der Waals surface area contributed by atoms with Gasteiger partial charge in [-0.1, -0.05) is 6.07 Å². The topological polar surface area (TPSA) is 102 Å².